The second kappa shape index (κ2) is 12.1. The zero-order valence-corrected chi connectivity index (χ0v) is 19.3. The summed E-state index contributed by atoms with van der Waals surface area (Å²) in [6.45, 7) is 2.84. The normalized spacial score (nSPS) is 14.9. The lowest BCUT2D eigenvalue weighted by Crippen LogP contribution is -2.43. The molecule has 154 valence electrons. The Bertz CT molecular complexity index is 692. The van der Waals surface area contributed by atoms with Gasteiger partial charge in [0.15, 0.2) is 5.96 Å². The molecule has 6 nitrogen and oxygen atoms in total. The number of nitrogens with one attached hydrogen (secondary N) is 2. The second-order valence-corrected chi connectivity index (χ2v) is 7.21. The van der Waals surface area contributed by atoms with E-state index in [1.54, 1.807) is 6.20 Å². The number of nitrogens with zero attached hydrogens (tertiary/aromatic N) is 4. The van der Waals surface area contributed by atoms with Crippen molar-refractivity contribution in [2.45, 2.75) is 38.1 Å². The van der Waals surface area contributed by atoms with Gasteiger partial charge in [0.25, 0.3) is 0 Å². The predicted octanol–water partition coefficient (Wildman–Crippen LogP) is 3.07. The SMILES string of the molecule is CN=C(NCCc1ccc(-n2cccn2)cc1)NCCN(C)C1CCCC1.I. The van der Waals surface area contributed by atoms with Crippen LogP contribution in [0.2, 0.25) is 0 Å². The number of guanidine groups is 1. The summed E-state index contributed by atoms with van der Waals surface area (Å²) in [5, 5.41) is 11.1. The molecule has 1 fully saturated rings. The zero-order chi connectivity index (χ0) is 18.9. The maximum absolute atomic E-state index is 4.33. The summed E-state index contributed by atoms with van der Waals surface area (Å²) in [4.78, 5) is 6.81. The smallest absolute Gasteiger partial charge is 0.191 e. The number of rotatable bonds is 8. The molecule has 0 aliphatic heterocycles. The van der Waals surface area contributed by atoms with Crippen LogP contribution >= 0.6 is 24.0 Å². The van der Waals surface area contributed by atoms with Crippen LogP contribution in [0.5, 0.6) is 0 Å². The molecule has 1 aromatic carbocycles. The third kappa shape index (κ3) is 6.77. The van der Waals surface area contributed by atoms with Crippen molar-refractivity contribution in [3.05, 3.63) is 48.3 Å². The Kier molecular flexibility index (Phi) is 9.77. The number of hydrogen-bond acceptors (Lipinski definition) is 3. The Morgan fingerprint density at radius 1 is 1.18 bits per heavy atom. The molecular weight excluding hydrogens is 463 g/mol. The predicted molar refractivity (Wildman–Crippen MR) is 127 cm³/mol. The second-order valence-electron chi connectivity index (χ2n) is 7.21. The van der Waals surface area contributed by atoms with Crippen LogP contribution in [0.15, 0.2) is 47.7 Å². The molecule has 2 aromatic rings. The molecule has 3 rings (SSSR count). The van der Waals surface area contributed by atoms with Crippen LogP contribution in [0.4, 0.5) is 0 Å². The van der Waals surface area contributed by atoms with Gasteiger partial charge < -0.3 is 15.5 Å². The third-order valence-electron chi connectivity index (χ3n) is 5.34. The standard InChI is InChI=1S/C21H32N6.HI/c1-22-21(24-15-17-26(2)19-6-3-4-7-19)23-14-12-18-8-10-20(11-9-18)27-16-5-13-25-27;/h5,8-11,13,16,19H,3-4,6-7,12,14-15,17H2,1-2H3,(H2,22,23,24);1H. The van der Waals surface area contributed by atoms with E-state index in [1.807, 2.05) is 24.0 Å². The summed E-state index contributed by atoms with van der Waals surface area (Å²) in [6, 6.07) is 11.2. The van der Waals surface area contributed by atoms with E-state index < -0.39 is 0 Å². The van der Waals surface area contributed by atoms with E-state index in [2.05, 4.69) is 56.9 Å². The largest absolute Gasteiger partial charge is 0.356 e. The van der Waals surface area contributed by atoms with E-state index in [1.165, 1.54) is 31.2 Å². The van der Waals surface area contributed by atoms with E-state index in [4.69, 9.17) is 0 Å². The number of hydrogen-bond donors (Lipinski definition) is 2. The Hall–Kier alpha value is -1.61. The molecule has 0 bridgehead atoms. The highest BCUT2D eigenvalue weighted by Gasteiger charge is 2.18. The first-order chi connectivity index (χ1) is 13.3. The Morgan fingerprint density at radius 2 is 1.89 bits per heavy atom. The van der Waals surface area contributed by atoms with E-state index >= 15 is 0 Å². The monoisotopic (exact) mass is 496 g/mol. The van der Waals surface area contributed by atoms with Crippen LogP contribution in [0.25, 0.3) is 5.69 Å². The van der Waals surface area contributed by atoms with Gasteiger partial charge in [0.05, 0.1) is 5.69 Å². The van der Waals surface area contributed by atoms with Gasteiger partial charge in [-0.25, -0.2) is 4.68 Å². The highest BCUT2D eigenvalue weighted by atomic mass is 127. The molecule has 0 spiro atoms. The number of likely N-dealkylation sites (N-methyl/N-ethyl adjacent to an activating group) is 1. The van der Waals surface area contributed by atoms with Crippen molar-refractivity contribution in [3.63, 3.8) is 0 Å². The van der Waals surface area contributed by atoms with E-state index in [-0.39, 0.29) is 24.0 Å². The van der Waals surface area contributed by atoms with Crippen LogP contribution < -0.4 is 10.6 Å². The van der Waals surface area contributed by atoms with E-state index in [0.29, 0.717) is 0 Å². The fraction of sp³-hybridized carbons (Fsp3) is 0.524. The molecule has 1 saturated carbocycles. The number of halogens is 1. The molecule has 1 heterocycles. The lowest BCUT2D eigenvalue weighted by molar-refractivity contribution is 0.249. The first-order valence-corrected chi connectivity index (χ1v) is 10.00. The zero-order valence-electron chi connectivity index (χ0n) is 17.0. The minimum atomic E-state index is 0. The highest BCUT2D eigenvalue weighted by molar-refractivity contribution is 14.0. The minimum Gasteiger partial charge on any atom is -0.356 e. The molecule has 0 saturated heterocycles. The molecule has 0 radical (unpaired) electrons. The molecular formula is C21H33IN6. The van der Waals surface area contributed by atoms with Gasteiger partial charge in [-0.1, -0.05) is 25.0 Å². The molecule has 1 aromatic heterocycles. The van der Waals surface area contributed by atoms with Crippen LogP contribution in [0.1, 0.15) is 31.2 Å². The number of aliphatic imine (C=N–C) groups is 1. The fourth-order valence-corrected chi connectivity index (χ4v) is 3.66. The van der Waals surface area contributed by atoms with Crippen molar-refractivity contribution >= 4 is 29.9 Å². The molecule has 1 aliphatic carbocycles. The summed E-state index contributed by atoms with van der Waals surface area (Å²) in [5.74, 6) is 0.878. The third-order valence-corrected chi connectivity index (χ3v) is 5.34. The number of aromatic nitrogens is 2. The Morgan fingerprint density at radius 3 is 2.54 bits per heavy atom. The van der Waals surface area contributed by atoms with Gasteiger partial charge in [0.1, 0.15) is 0 Å². The summed E-state index contributed by atoms with van der Waals surface area (Å²) in [5.41, 5.74) is 2.38. The topological polar surface area (TPSA) is 57.5 Å². The average molecular weight is 496 g/mol. The van der Waals surface area contributed by atoms with Gasteiger partial charge >= 0.3 is 0 Å². The molecule has 0 atom stereocenters. The lowest BCUT2D eigenvalue weighted by atomic mass is 10.1. The molecule has 7 heteroatoms. The van der Waals surface area contributed by atoms with Gasteiger partial charge in [0, 0.05) is 45.1 Å². The number of benzene rings is 1. The van der Waals surface area contributed by atoms with Gasteiger partial charge in [-0.05, 0) is 50.1 Å². The van der Waals surface area contributed by atoms with Crippen LogP contribution in [-0.4, -0.2) is 60.4 Å². The van der Waals surface area contributed by atoms with Crippen molar-refractivity contribution in [2.24, 2.45) is 4.99 Å². The fourth-order valence-electron chi connectivity index (χ4n) is 3.66. The maximum Gasteiger partial charge on any atom is 0.191 e. The minimum absolute atomic E-state index is 0. The first-order valence-electron chi connectivity index (χ1n) is 10.00. The van der Waals surface area contributed by atoms with Crippen molar-refractivity contribution in [2.75, 3.05) is 33.7 Å². The first kappa shape index (κ1) is 22.7. The highest BCUT2D eigenvalue weighted by Crippen LogP contribution is 2.21. The van der Waals surface area contributed by atoms with E-state index in [0.717, 1.165) is 43.7 Å². The van der Waals surface area contributed by atoms with Crippen molar-refractivity contribution in [1.82, 2.24) is 25.3 Å². The average Bonchev–Trinajstić information content (AvgIpc) is 3.41. The van der Waals surface area contributed by atoms with E-state index in [9.17, 15) is 0 Å². The molecule has 0 amide bonds. The van der Waals surface area contributed by atoms with Gasteiger partial charge in [-0.3, -0.25) is 4.99 Å². The van der Waals surface area contributed by atoms with Crippen molar-refractivity contribution in [3.8, 4) is 5.69 Å². The maximum atomic E-state index is 4.33. The summed E-state index contributed by atoms with van der Waals surface area (Å²) < 4.78 is 1.87. The summed E-state index contributed by atoms with van der Waals surface area (Å²) in [7, 11) is 4.07. The molecule has 0 unspecified atom stereocenters. The van der Waals surface area contributed by atoms with Crippen LogP contribution in [-0.2, 0) is 6.42 Å². The molecule has 2 N–H and O–H groups in total. The summed E-state index contributed by atoms with van der Waals surface area (Å²) in [6.07, 6.45) is 10.2. The van der Waals surface area contributed by atoms with Crippen LogP contribution in [0.3, 0.4) is 0 Å². The van der Waals surface area contributed by atoms with Crippen LogP contribution in [0, 0.1) is 0 Å². The summed E-state index contributed by atoms with van der Waals surface area (Å²) >= 11 is 0. The van der Waals surface area contributed by atoms with Crippen molar-refractivity contribution in [1.29, 1.82) is 0 Å². The Labute approximate surface area is 185 Å². The Balaban J connectivity index is 0.00000280. The quantitative estimate of drug-likeness (QED) is 0.335. The lowest BCUT2D eigenvalue weighted by Gasteiger charge is -2.24. The van der Waals surface area contributed by atoms with Gasteiger partial charge in [-0.15, -0.1) is 24.0 Å². The molecule has 1 aliphatic rings. The van der Waals surface area contributed by atoms with Crippen molar-refractivity contribution < 1.29 is 0 Å². The molecule has 28 heavy (non-hydrogen) atoms. The van der Waals surface area contributed by atoms with Gasteiger partial charge in [0.2, 0.25) is 0 Å². The van der Waals surface area contributed by atoms with Gasteiger partial charge in [-0.2, -0.15) is 5.10 Å².